The van der Waals surface area contributed by atoms with Crippen LogP contribution in [0.4, 0.5) is 5.69 Å². The van der Waals surface area contributed by atoms with E-state index in [4.69, 9.17) is 11.6 Å². The molecule has 0 bridgehead atoms. The first-order valence-electron chi connectivity index (χ1n) is 6.69. The summed E-state index contributed by atoms with van der Waals surface area (Å²) in [4.78, 5) is 1.62. The van der Waals surface area contributed by atoms with Crippen LogP contribution in [0.3, 0.4) is 0 Å². The molecular weight excluding hydrogens is 284 g/mol. The molecule has 0 amide bonds. The van der Waals surface area contributed by atoms with Crippen molar-refractivity contribution in [2.24, 2.45) is 0 Å². The van der Waals surface area contributed by atoms with E-state index < -0.39 is 0 Å². The van der Waals surface area contributed by atoms with Gasteiger partial charge in [-0.15, -0.1) is 0 Å². The van der Waals surface area contributed by atoms with E-state index >= 15 is 0 Å². The number of anilines is 1. The molecule has 1 N–H and O–H groups in total. The summed E-state index contributed by atoms with van der Waals surface area (Å²) in [5.41, 5.74) is 3.84. The van der Waals surface area contributed by atoms with E-state index in [0.29, 0.717) is 11.6 Å². The Balaban J connectivity index is 1.70. The zero-order chi connectivity index (χ0) is 14.7. The van der Waals surface area contributed by atoms with Crippen LogP contribution >= 0.6 is 11.6 Å². The summed E-state index contributed by atoms with van der Waals surface area (Å²) in [5.74, 6) is 0. The number of nitrogens with one attached hydrogen (secondary N) is 1. The summed E-state index contributed by atoms with van der Waals surface area (Å²) >= 11 is 6.19. The van der Waals surface area contributed by atoms with Crippen molar-refractivity contribution in [3.63, 3.8) is 0 Å². The van der Waals surface area contributed by atoms with Crippen LogP contribution in [0.25, 0.3) is 5.69 Å². The first-order valence-corrected chi connectivity index (χ1v) is 7.07. The number of aryl methyl sites for hydroxylation is 1. The van der Waals surface area contributed by atoms with Crippen LogP contribution in [0.2, 0.25) is 5.02 Å². The van der Waals surface area contributed by atoms with E-state index in [2.05, 4.69) is 15.5 Å². The van der Waals surface area contributed by atoms with E-state index in [0.717, 1.165) is 22.6 Å². The minimum Gasteiger partial charge on any atom is -0.378 e. The number of aromatic nitrogens is 3. The predicted molar refractivity (Wildman–Crippen MR) is 84.9 cm³/mol. The van der Waals surface area contributed by atoms with E-state index in [1.54, 1.807) is 11.0 Å². The van der Waals surface area contributed by atoms with Gasteiger partial charge in [-0.25, -0.2) is 0 Å². The topological polar surface area (TPSA) is 42.7 Å². The Morgan fingerprint density at radius 3 is 2.71 bits per heavy atom. The molecule has 0 saturated carbocycles. The van der Waals surface area contributed by atoms with Crippen LogP contribution in [0, 0.1) is 6.92 Å². The number of halogens is 1. The average molecular weight is 299 g/mol. The highest BCUT2D eigenvalue weighted by Crippen LogP contribution is 2.23. The molecule has 0 aliphatic rings. The second-order valence-corrected chi connectivity index (χ2v) is 5.20. The quantitative estimate of drug-likeness (QED) is 0.796. The molecule has 1 heterocycles. The Morgan fingerprint density at radius 2 is 1.95 bits per heavy atom. The molecule has 0 radical (unpaired) electrons. The van der Waals surface area contributed by atoms with E-state index in [-0.39, 0.29) is 0 Å². The zero-order valence-corrected chi connectivity index (χ0v) is 12.4. The third-order valence-corrected chi connectivity index (χ3v) is 3.42. The second-order valence-electron chi connectivity index (χ2n) is 4.80. The molecule has 2 aromatic carbocycles. The molecule has 0 saturated heterocycles. The Labute approximate surface area is 128 Å². The van der Waals surface area contributed by atoms with Gasteiger partial charge in [0.05, 0.1) is 29.1 Å². The normalized spacial score (nSPS) is 10.6. The Bertz CT molecular complexity index is 737. The van der Waals surface area contributed by atoms with Crippen molar-refractivity contribution < 1.29 is 0 Å². The van der Waals surface area contributed by atoms with Crippen molar-refractivity contribution in [2.75, 3.05) is 5.32 Å². The van der Waals surface area contributed by atoms with Crippen molar-refractivity contribution in [1.82, 2.24) is 15.0 Å². The molecule has 1 aromatic heterocycles. The maximum atomic E-state index is 6.19. The van der Waals surface area contributed by atoms with E-state index in [1.807, 2.05) is 55.5 Å². The highest BCUT2D eigenvalue weighted by Gasteiger charge is 2.04. The highest BCUT2D eigenvalue weighted by atomic mass is 35.5. The van der Waals surface area contributed by atoms with Gasteiger partial charge in [-0.1, -0.05) is 35.9 Å². The van der Waals surface area contributed by atoms with Gasteiger partial charge in [0.25, 0.3) is 0 Å². The standard InChI is InChI=1S/C16H15ClN4/c1-12-7-8-16(15(17)9-12)18-10-13-11-19-21(20-13)14-5-3-2-4-6-14/h2-9,11,18H,10H2,1H3. The fourth-order valence-corrected chi connectivity index (χ4v) is 2.31. The molecule has 5 heteroatoms. The molecule has 0 spiro atoms. The van der Waals surface area contributed by atoms with Crippen molar-refractivity contribution >= 4 is 17.3 Å². The van der Waals surface area contributed by atoms with Crippen LogP contribution in [-0.4, -0.2) is 15.0 Å². The first kappa shape index (κ1) is 13.6. The van der Waals surface area contributed by atoms with E-state index in [9.17, 15) is 0 Å². The lowest BCUT2D eigenvalue weighted by atomic mass is 10.2. The van der Waals surface area contributed by atoms with Gasteiger partial charge in [0.2, 0.25) is 0 Å². The van der Waals surface area contributed by atoms with Crippen LogP contribution in [0.5, 0.6) is 0 Å². The number of benzene rings is 2. The van der Waals surface area contributed by atoms with Gasteiger partial charge in [0, 0.05) is 0 Å². The Morgan fingerprint density at radius 1 is 1.14 bits per heavy atom. The largest absolute Gasteiger partial charge is 0.378 e. The zero-order valence-electron chi connectivity index (χ0n) is 11.6. The molecule has 0 atom stereocenters. The van der Waals surface area contributed by atoms with Gasteiger partial charge in [0.15, 0.2) is 0 Å². The number of rotatable bonds is 4. The average Bonchev–Trinajstić information content (AvgIpc) is 2.96. The maximum Gasteiger partial charge on any atom is 0.102 e. The monoisotopic (exact) mass is 298 g/mol. The second kappa shape index (κ2) is 5.97. The summed E-state index contributed by atoms with van der Waals surface area (Å²) in [7, 11) is 0. The molecular formula is C16H15ClN4. The number of para-hydroxylation sites is 1. The fraction of sp³-hybridized carbons (Fsp3) is 0.125. The summed E-state index contributed by atoms with van der Waals surface area (Å²) in [6, 6.07) is 15.8. The summed E-state index contributed by atoms with van der Waals surface area (Å²) in [6.07, 6.45) is 1.75. The van der Waals surface area contributed by atoms with Gasteiger partial charge < -0.3 is 5.32 Å². The van der Waals surface area contributed by atoms with Gasteiger partial charge in [-0.05, 0) is 36.8 Å². The number of hydrogen-bond donors (Lipinski definition) is 1. The third kappa shape index (κ3) is 3.23. The summed E-state index contributed by atoms with van der Waals surface area (Å²) in [5, 5.41) is 12.7. The molecule has 106 valence electrons. The number of nitrogens with zero attached hydrogens (tertiary/aromatic N) is 3. The van der Waals surface area contributed by atoms with Crippen LogP contribution in [0.15, 0.2) is 54.7 Å². The van der Waals surface area contributed by atoms with Crippen molar-refractivity contribution in [2.45, 2.75) is 13.5 Å². The summed E-state index contributed by atoms with van der Waals surface area (Å²) in [6.45, 7) is 2.59. The minimum atomic E-state index is 0.579. The molecule has 0 aliphatic carbocycles. The van der Waals surface area contributed by atoms with Crippen LogP contribution in [0.1, 0.15) is 11.3 Å². The van der Waals surface area contributed by atoms with Crippen LogP contribution in [-0.2, 0) is 6.54 Å². The fourth-order valence-electron chi connectivity index (χ4n) is 2.01. The smallest absolute Gasteiger partial charge is 0.102 e. The molecule has 4 nitrogen and oxygen atoms in total. The summed E-state index contributed by atoms with van der Waals surface area (Å²) < 4.78 is 0. The molecule has 0 fully saturated rings. The van der Waals surface area contributed by atoms with E-state index in [1.165, 1.54) is 0 Å². The molecule has 3 rings (SSSR count). The maximum absolute atomic E-state index is 6.19. The third-order valence-electron chi connectivity index (χ3n) is 3.11. The lowest BCUT2D eigenvalue weighted by molar-refractivity contribution is 0.740. The van der Waals surface area contributed by atoms with Gasteiger partial charge in [0.1, 0.15) is 5.69 Å². The van der Waals surface area contributed by atoms with Gasteiger partial charge >= 0.3 is 0 Å². The van der Waals surface area contributed by atoms with Crippen molar-refractivity contribution in [3.05, 3.63) is 71.0 Å². The van der Waals surface area contributed by atoms with Crippen LogP contribution < -0.4 is 5.32 Å². The molecule has 0 unspecified atom stereocenters. The van der Waals surface area contributed by atoms with Crippen molar-refractivity contribution in [1.29, 1.82) is 0 Å². The molecule has 3 aromatic rings. The predicted octanol–water partition coefficient (Wildman–Crippen LogP) is 3.84. The van der Waals surface area contributed by atoms with Gasteiger partial charge in [-0.3, -0.25) is 0 Å². The lowest BCUT2D eigenvalue weighted by Crippen LogP contribution is -2.03. The molecule has 0 aliphatic heterocycles. The lowest BCUT2D eigenvalue weighted by Gasteiger charge is -2.07. The van der Waals surface area contributed by atoms with Crippen molar-refractivity contribution in [3.8, 4) is 5.69 Å². The number of hydrogen-bond acceptors (Lipinski definition) is 3. The van der Waals surface area contributed by atoms with Gasteiger partial charge in [-0.2, -0.15) is 15.0 Å². The molecule has 21 heavy (non-hydrogen) atoms. The minimum absolute atomic E-state index is 0.579. The Hall–Kier alpha value is -2.33. The SMILES string of the molecule is Cc1ccc(NCc2cnn(-c3ccccc3)n2)c(Cl)c1. The Kier molecular flexibility index (Phi) is 3.88. The highest BCUT2D eigenvalue weighted by molar-refractivity contribution is 6.33. The first-order chi connectivity index (χ1) is 10.2.